The van der Waals surface area contributed by atoms with Gasteiger partial charge in [-0.15, -0.1) is 0 Å². The highest BCUT2D eigenvalue weighted by atomic mass is 16.5. The lowest BCUT2D eigenvalue weighted by Gasteiger charge is -2.22. The zero-order valence-electron chi connectivity index (χ0n) is 26.8. The van der Waals surface area contributed by atoms with Crippen molar-refractivity contribution in [3.63, 3.8) is 0 Å². The fraction of sp³-hybridized carbons (Fsp3) is 0.514. The van der Waals surface area contributed by atoms with Gasteiger partial charge in [0.1, 0.15) is 12.1 Å². The van der Waals surface area contributed by atoms with Gasteiger partial charge in [0.15, 0.2) is 11.6 Å². The van der Waals surface area contributed by atoms with Crippen molar-refractivity contribution in [2.75, 3.05) is 18.6 Å². The van der Waals surface area contributed by atoms with Gasteiger partial charge in [0.2, 0.25) is 11.8 Å². The maximum atomic E-state index is 13.5. The number of ether oxygens (including phenoxy) is 1. The van der Waals surface area contributed by atoms with Gasteiger partial charge >= 0.3 is 5.97 Å². The van der Waals surface area contributed by atoms with Gasteiger partial charge in [0, 0.05) is 41.8 Å². The van der Waals surface area contributed by atoms with E-state index in [0.717, 1.165) is 26.4 Å². The number of benzene rings is 2. The normalized spacial score (nSPS) is 12.1. The summed E-state index contributed by atoms with van der Waals surface area (Å²) in [5.41, 5.74) is 12.8. The summed E-state index contributed by atoms with van der Waals surface area (Å²) in [7, 11) is 1.14. The number of nitrogen functional groups attached to an aromatic ring is 2. The van der Waals surface area contributed by atoms with Crippen LogP contribution in [-0.4, -0.2) is 48.5 Å². The smallest absolute Gasteiger partial charge is 0.328 e. The van der Waals surface area contributed by atoms with E-state index < -0.39 is 48.4 Å². The molecule has 0 bridgehead atoms. The highest BCUT2D eigenvalue weighted by Crippen LogP contribution is 2.17. The van der Waals surface area contributed by atoms with Gasteiger partial charge in [0.05, 0.1) is 7.11 Å². The molecule has 0 fully saturated rings. The molecule has 10 nitrogen and oxygen atoms in total. The minimum absolute atomic E-state index is 0.189. The zero-order chi connectivity index (χ0) is 33.0. The number of hydrogen-bond donors (Lipinski definition) is 4. The van der Waals surface area contributed by atoms with Gasteiger partial charge in [-0.1, -0.05) is 95.4 Å². The molecule has 0 spiro atoms. The van der Waals surface area contributed by atoms with E-state index in [1.54, 1.807) is 42.5 Å². The fourth-order valence-corrected chi connectivity index (χ4v) is 5.13. The van der Waals surface area contributed by atoms with Crippen LogP contribution in [0.2, 0.25) is 0 Å². The van der Waals surface area contributed by atoms with Crippen LogP contribution in [0.15, 0.2) is 48.5 Å². The number of esters is 1. The van der Waals surface area contributed by atoms with Gasteiger partial charge in [-0.25, -0.2) is 4.79 Å². The molecule has 0 heterocycles. The first kappa shape index (κ1) is 37.0. The summed E-state index contributed by atoms with van der Waals surface area (Å²) in [4.78, 5) is 65.0. The van der Waals surface area contributed by atoms with Crippen LogP contribution >= 0.6 is 0 Å². The molecule has 0 aliphatic heterocycles. The van der Waals surface area contributed by atoms with Crippen LogP contribution in [0.5, 0.6) is 0 Å². The largest absolute Gasteiger partial charge is 0.467 e. The number of hydrogen-bond acceptors (Lipinski definition) is 8. The third-order valence-electron chi connectivity index (χ3n) is 7.76. The Kier molecular flexibility index (Phi) is 17.0. The molecule has 2 amide bonds. The molecule has 0 saturated heterocycles. The molecule has 2 atom stereocenters. The Morgan fingerprint density at radius 3 is 1.56 bits per heavy atom. The van der Waals surface area contributed by atoms with E-state index in [1.807, 2.05) is 0 Å². The van der Waals surface area contributed by atoms with Gasteiger partial charge in [-0.05, 0) is 30.7 Å². The summed E-state index contributed by atoms with van der Waals surface area (Å²) in [5.74, 6) is -2.96. The van der Waals surface area contributed by atoms with Crippen molar-refractivity contribution in [1.29, 1.82) is 0 Å². The number of carbonyl (C=O) groups is 5. The second-order valence-corrected chi connectivity index (χ2v) is 11.4. The first-order valence-electron chi connectivity index (χ1n) is 16.1. The summed E-state index contributed by atoms with van der Waals surface area (Å²) < 4.78 is 4.82. The lowest BCUT2D eigenvalue weighted by molar-refractivity contribution is -0.145. The molecule has 0 aliphatic rings. The number of unbranched alkanes of at least 4 members (excludes halogenated alkanes) is 10. The Morgan fingerprint density at radius 1 is 0.644 bits per heavy atom. The lowest BCUT2D eigenvalue weighted by Crippen LogP contribution is -2.53. The standard InChI is InChI=1S/C35H50N4O6/c1-3-4-5-6-7-8-9-10-11-12-13-22-33(42)38-29(23-31(40)25-18-14-16-20-27(25)36)34(43)39-30(35(44)45-2)24-32(41)26-19-15-17-21-28(26)37/h14-21,29-30H,3-13,22-24,36-37H2,1-2H3,(H,38,42)(H,39,43). The third kappa shape index (κ3) is 13.5. The molecule has 246 valence electrons. The van der Waals surface area contributed by atoms with Crippen molar-refractivity contribution in [3.8, 4) is 0 Å². The molecular weight excluding hydrogens is 572 g/mol. The predicted octanol–water partition coefficient (Wildman–Crippen LogP) is 5.54. The first-order chi connectivity index (χ1) is 21.7. The molecule has 2 rings (SSSR count). The monoisotopic (exact) mass is 622 g/mol. The Hall–Kier alpha value is -4.21. The molecule has 0 aromatic heterocycles. The summed E-state index contributed by atoms with van der Waals surface area (Å²) in [6.07, 6.45) is 11.9. The molecule has 0 radical (unpaired) electrons. The topological polar surface area (TPSA) is 171 Å². The second-order valence-electron chi connectivity index (χ2n) is 11.4. The Labute approximate surface area is 267 Å². The Morgan fingerprint density at radius 2 is 1.09 bits per heavy atom. The van der Waals surface area contributed by atoms with Gasteiger partial charge in [-0.2, -0.15) is 0 Å². The van der Waals surface area contributed by atoms with Crippen LogP contribution in [0.1, 0.15) is 118 Å². The number of methoxy groups -OCH3 is 1. The third-order valence-corrected chi connectivity index (χ3v) is 7.76. The summed E-state index contributed by atoms with van der Waals surface area (Å²) in [6, 6.07) is 10.2. The number of rotatable bonds is 22. The number of nitrogens with one attached hydrogen (secondary N) is 2. The zero-order valence-corrected chi connectivity index (χ0v) is 26.8. The van der Waals surface area contributed by atoms with E-state index >= 15 is 0 Å². The predicted molar refractivity (Wildman–Crippen MR) is 177 cm³/mol. The van der Waals surface area contributed by atoms with E-state index in [-0.39, 0.29) is 34.8 Å². The molecule has 2 unspecified atom stereocenters. The van der Waals surface area contributed by atoms with Gasteiger partial charge in [0.25, 0.3) is 0 Å². The van der Waals surface area contributed by atoms with Crippen molar-refractivity contribution in [1.82, 2.24) is 10.6 Å². The first-order valence-corrected chi connectivity index (χ1v) is 16.1. The molecule has 0 saturated carbocycles. The van der Waals surface area contributed by atoms with Crippen molar-refractivity contribution < 1.29 is 28.7 Å². The number of nitrogens with two attached hydrogens (primary N) is 2. The van der Waals surface area contributed by atoms with Crippen LogP contribution in [0.25, 0.3) is 0 Å². The molecule has 2 aromatic carbocycles. The number of para-hydroxylation sites is 2. The number of Topliss-reactive ketones (excluding diaryl/α,β-unsaturated/α-hetero) is 2. The highest BCUT2D eigenvalue weighted by Gasteiger charge is 2.31. The molecule has 6 N–H and O–H groups in total. The summed E-state index contributed by atoms with van der Waals surface area (Å²) in [6.45, 7) is 2.21. The van der Waals surface area contributed by atoms with Crippen molar-refractivity contribution >= 4 is 40.7 Å². The molecule has 0 aliphatic carbocycles. The average Bonchev–Trinajstić information content (AvgIpc) is 3.02. The molecular formula is C35H50N4O6. The molecule has 10 heteroatoms. The SMILES string of the molecule is CCCCCCCCCCCCCC(=O)NC(CC(=O)c1ccccc1N)C(=O)NC(CC(=O)c1ccccc1N)C(=O)OC. The maximum Gasteiger partial charge on any atom is 0.328 e. The Bertz CT molecular complexity index is 1260. The Balaban J connectivity index is 2.01. The van der Waals surface area contributed by atoms with Gasteiger partial charge < -0.3 is 26.8 Å². The molecule has 2 aromatic rings. The second kappa shape index (κ2) is 20.7. The summed E-state index contributed by atoms with van der Waals surface area (Å²) in [5, 5.41) is 5.16. The maximum absolute atomic E-state index is 13.5. The summed E-state index contributed by atoms with van der Waals surface area (Å²) >= 11 is 0. The van der Waals surface area contributed by atoms with Crippen LogP contribution in [0.3, 0.4) is 0 Å². The number of ketones is 2. The highest BCUT2D eigenvalue weighted by molar-refractivity contribution is 6.05. The van der Waals surface area contributed by atoms with Crippen molar-refractivity contribution in [2.24, 2.45) is 0 Å². The van der Waals surface area contributed by atoms with E-state index in [2.05, 4.69) is 17.6 Å². The van der Waals surface area contributed by atoms with E-state index in [9.17, 15) is 24.0 Å². The minimum Gasteiger partial charge on any atom is -0.467 e. The lowest BCUT2D eigenvalue weighted by atomic mass is 9.99. The van der Waals surface area contributed by atoms with E-state index in [4.69, 9.17) is 16.2 Å². The number of carbonyl (C=O) groups excluding carboxylic acids is 5. The van der Waals surface area contributed by atoms with Gasteiger partial charge in [-0.3, -0.25) is 19.2 Å². The van der Waals surface area contributed by atoms with Crippen molar-refractivity contribution in [2.45, 2.75) is 109 Å². The minimum atomic E-state index is -1.36. The molecule has 45 heavy (non-hydrogen) atoms. The van der Waals surface area contributed by atoms with Crippen LogP contribution < -0.4 is 22.1 Å². The van der Waals surface area contributed by atoms with Crippen LogP contribution in [-0.2, 0) is 19.1 Å². The van der Waals surface area contributed by atoms with Crippen LogP contribution in [0, 0.1) is 0 Å². The fourth-order valence-electron chi connectivity index (χ4n) is 5.13. The number of amides is 2. The number of anilines is 2. The van der Waals surface area contributed by atoms with E-state index in [0.29, 0.717) is 6.42 Å². The van der Waals surface area contributed by atoms with Crippen LogP contribution in [0.4, 0.5) is 11.4 Å². The average molecular weight is 623 g/mol. The van der Waals surface area contributed by atoms with Crippen molar-refractivity contribution in [3.05, 3.63) is 59.7 Å². The quantitative estimate of drug-likeness (QED) is 0.0574. The van der Waals surface area contributed by atoms with E-state index in [1.165, 1.54) is 51.0 Å².